The zero-order valence-corrected chi connectivity index (χ0v) is 12.9. The van der Waals surface area contributed by atoms with Gasteiger partial charge in [0.1, 0.15) is 0 Å². The van der Waals surface area contributed by atoms with Crippen molar-refractivity contribution in [2.24, 2.45) is 0 Å². The molecule has 5 nitrogen and oxygen atoms in total. The van der Waals surface area contributed by atoms with Crippen molar-refractivity contribution in [1.82, 2.24) is 10.2 Å². The Morgan fingerprint density at radius 2 is 1.80 bits per heavy atom. The molecule has 0 radical (unpaired) electrons. The van der Waals surface area contributed by atoms with Gasteiger partial charge in [0.25, 0.3) is 0 Å². The van der Waals surface area contributed by atoms with E-state index in [9.17, 15) is 4.79 Å². The van der Waals surface area contributed by atoms with Gasteiger partial charge in [0.05, 0.1) is 14.0 Å². The highest BCUT2D eigenvalue weighted by Crippen LogP contribution is 2.28. The van der Waals surface area contributed by atoms with Crippen LogP contribution >= 0.6 is 33.9 Å². The van der Waals surface area contributed by atoms with Crippen molar-refractivity contribution in [3.05, 3.63) is 44.2 Å². The highest BCUT2D eigenvalue weighted by molar-refractivity contribution is 14.1. The Labute approximate surface area is 131 Å². The molecule has 0 bridgehead atoms. The number of benzene rings is 1. The normalized spacial score (nSPS) is 10.7. The molecule has 3 aromatic rings. The lowest BCUT2D eigenvalue weighted by Gasteiger charge is -1.96. The lowest BCUT2D eigenvalue weighted by atomic mass is 10.1. The van der Waals surface area contributed by atoms with E-state index in [1.807, 2.05) is 11.4 Å². The van der Waals surface area contributed by atoms with Crippen LogP contribution in [0.25, 0.3) is 22.9 Å². The number of hydrogen-bond acceptors (Lipinski definition) is 5. The van der Waals surface area contributed by atoms with E-state index in [1.54, 1.807) is 23.5 Å². The molecule has 3 rings (SSSR count). The second-order valence-electron chi connectivity index (χ2n) is 3.93. The van der Waals surface area contributed by atoms with Gasteiger partial charge in [0, 0.05) is 10.9 Å². The summed E-state index contributed by atoms with van der Waals surface area (Å²) in [6, 6.07) is 8.29. The number of carbonyl (C=O) groups is 1. The Kier molecular flexibility index (Phi) is 3.53. The van der Waals surface area contributed by atoms with Crippen LogP contribution in [0.5, 0.6) is 0 Å². The molecule has 1 N–H and O–H groups in total. The number of aromatic carboxylic acids is 1. The van der Waals surface area contributed by atoms with Gasteiger partial charge in [-0.05, 0) is 52.9 Å². The number of hydrogen-bond donors (Lipinski definition) is 1. The first-order valence-electron chi connectivity index (χ1n) is 5.55. The average Bonchev–Trinajstić information content (AvgIpc) is 3.07. The van der Waals surface area contributed by atoms with Crippen molar-refractivity contribution in [1.29, 1.82) is 0 Å². The summed E-state index contributed by atoms with van der Waals surface area (Å²) in [5, 5.41) is 18.8. The van der Waals surface area contributed by atoms with E-state index in [-0.39, 0.29) is 5.56 Å². The minimum Gasteiger partial charge on any atom is -0.478 e. The summed E-state index contributed by atoms with van der Waals surface area (Å²) in [4.78, 5) is 10.8. The van der Waals surface area contributed by atoms with E-state index in [1.165, 1.54) is 12.1 Å². The molecule has 1 aromatic carbocycles. The van der Waals surface area contributed by atoms with Gasteiger partial charge in [-0.25, -0.2) is 4.79 Å². The molecule has 0 fully saturated rings. The molecular weight excluding hydrogens is 391 g/mol. The molecule has 20 heavy (non-hydrogen) atoms. The lowest BCUT2D eigenvalue weighted by Crippen LogP contribution is -1.94. The molecular formula is C13H7IN2O3S. The fraction of sp³-hybridized carbons (Fsp3) is 0. The standard InChI is InChI=1S/C13H7IN2O3S/c14-10-5-9(6-20-10)12-16-15-11(19-12)7-1-3-8(4-2-7)13(17)18/h1-6H,(H,17,18). The topological polar surface area (TPSA) is 76.2 Å². The molecule has 0 saturated carbocycles. The summed E-state index contributed by atoms with van der Waals surface area (Å²) in [6.07, 6.45) is 0. The third kappa shape index (κ3) is 2.59. The molecule has 2 heterocycles. The highest BCUT2D eigenvalue weighted by Gasteiger charge is 2.12. The minimum atomic E-state index is -0.962. The van der Waals surface area contributed by atoms with Crippen molar-refractivity contribution in [3.8, 4) is 22.9 Å². The Morgan fingerprint density at radius 1 is 1.15 bits per heavy atom. The van der Waals surface area contributed by atoms with Crippen molar-refractivity contribution in [3.63, 3.8) is 0 Å². The van der Waals surface area contributed by atoms with Gasteiger partial charge in [-0.1, -0.05) is 0 Å². The number of rotatable bonds is 3. The van der Waals surface area contributed by atoms with Gasteiger partial charge in [-0.3, -0.25) is 0 Å². The number of nitrogens with zero attached hydrogens (tertiary/aromatic N) is 2. The fourth-order valence-electron chi connectivity index (χ4n) is 1.63. The van der Waals surface area contributed by atoms with Gasteiger partial charge in [0.15, 0.2) is 0 Å². The molecule has 0 saturated heterocycles. The van der Waals surface area contributed by atoms with E-state index in [0.29, 0.717) is 17.3 Å². The Hall–Kier alpha value is -1.74. The quantitative estimate of drug-likeness (QED) is 0.680. The van der Waals surface area contributed by atoms with Crippen molar-refractivity contribution in [2.45, 2.75) is 0 Å². The zero-order valence-electron chi connectivity index (χ0n) is 9.91. The molecule has 0 aliphatic rings. The second-order valence-corrected chi connectivity index (χ2v) is 6.74. The number of carboxylic acid groups (broad SMARTS) is 1. The number of aromatic nitrogens is 2. The van der Waals surface area contributed by atoms with Crippen LogP contribution in [0.2, 0.25) is 0 Å². The van der Waals surface area contributed by atoms with Crippen molar-refractivity contribution in [2.75, 3.05) is 0 Å². The monoisotopic (exact) mass is 398 g/mol. The van der Waals surface area contributed by atoms with Gasteiger partial charge in [-0.2, -0.15) is 0 Å². The van der Waals surface area contributed by atoms with Crippen molar-refractivity contribution >= 4 is 39.9 Å². The van der Waals surface area contributed by atoms with E-state index in [2.05, 4.69) is 32.8 Å². The summed E-state index contributed by atoms with van der Waals surface area (Å²) >= 11 is 3.83. The lowest BCUT2D eigenvalue weighted by molar-refractivity contribution is 0.0697. The van der Waals surface area contributed by atoms with E-state index in [4.69, 9.17) is 9.52 Å². The summed E-state index contributed by atoms with van der Waals surface area (Å²) in [5.41, 5.74) is 1.81. The maximum Gasteiger partial charge on any atom is 0.335 e. The highest BCUT2D eigenvalue weighted by atomic mass is 127. The molecule has 100 valence electrons. The first kappa shape index (κ1) is 13.3. The van der Waals surface area contributed by atoms with E-state index in [0.717, 1.165) is 8.45 Å². The predicted octanol–water partition coefficient (Wildman–Crippen LogP) is 3.77. The van der Waals surface area contributed by atoms with E-state index < -0.39 is 5.97 Å². The third-order valence-electron chi connectivity index (χ3n) is 2.62. The molecule has 7 heteroatoms. The molecule has 0 unspecified atom stereocenters. The average molecular weight is 398 g/mol. The first-order valence-corrected chi connectivity index (χ1v) is 7.51. The van der Waals surface area contributed by atoms with Crippen LogP contribution in [-0.2, 0) is 0 Å². The maximum atomic E-state index is 10.8. The SMILES string of the molecule is O=C(O)c1ccc(-c2nnc(-c3csc(I)c3)o2)cc1. The second kappa shape index (κ2) is 5.33. The van der Waals surface area contributed by atoms with Crippen molar-refractivity contribution < 1.29 is 14.3 Å². The molecule has 0 spiro atoms. The van der Waals surface area contributed by atoms with Crippen LogP contribution in [0.15, 0.2) is 40.1 Å². The molecule has 0 aliphatic carbocycles. The third-order valence-corrected chi connectivity index (χ3v) is 4.41. The zero-order chi connectivity index (χ0) is 14.1. The van der Waals surface area contributed by atoms with Crippen LogP contribution in [-0.4, -0.2) is 21.3 Å². The molecule has 0 aliphatic heterocycles. The largest absolute Gasteiger partial charge is 0.478 e. The number of thiophene rings is 1. The Balaban J connectivity index is 1.91. The van der Waals surface area contributed by atoms with Crippen LogP contribution < -0.4 is 0 Å². The van der Waals surface area contributed by atoms with Gasteiger partial charge in [0.2, 0.25) is 11.8 Å². The summed E-state index contributed by atoms with van der Waals surface area (Å²) in [5.74, 6) is -0.129. The van der Waals surface area contributed by atoms with Gasteiger partial charge < -0.3 is 9.52 Å². The summed E-state index contributed by atoms with van der Waals surface area (Å²) in [7, 11) is 0. The smallest absolute Gasteiger partial charge is 0.335 e. The summed E-state index contributed by atoms with van der Waals surface area (Å²) < 4.78 is 6.74. The molecule has 0 amide bonds. The van der Waals surface area contributed by atoms with Crippen LogP contribution in [0.3, 0.4) is 0 Å². The Bertz CT molecular complexity index is 764. The van der Waals surface area contributed by atoms with E-state index >= 15 is 0 Å². The number of halogens is 1. The maximum absolute atomic E-state index is 10.8. The first-order chi connectivity index (χ1) is 9.63. The molecule has 2 aromatic heterocycles. The molecule has 0 atom stereocenters. The van der Waals surface area contributed by atoms with Crippen LogP contribution in [0.1, 0.15) is 10.4 Å². The fourth-order valence-corrected chi connectivity index (χ4v) is 2.95. The van der Waals surface area contributed by atoms with Crippen LogP contribution in [0.4, 0.5) is 0 Å². The predicted molar refractivity (Wildman–Crippen MR) is 82.7 cm³/mol. The van der Waals surface area contributed by atoms with Crippen LogP contribution in [0, 0.1) is 2.88 Å². The van der Waals surface area contributed by atoms with Gasteiger partial charge in [-0.15, -0.1) is 21.5 Å². The Morgan fingerprint density at radius 3 is 2.35 bits per heavy atom. The summed E-state index contributed by atoms with van der Waals surface area (Å²) in [6.45, 7) is 0. The van der Waals surface area contributed by atoms with Gasteiger partial charge >= 0.3 is 5.97 Å². The minimum absolute atomic E-state index is 0.223. The number of carboxylic acids is 1.